The first-order valence-electron chi connectivity index (χ1n) is 5.73. The highest BCUT2D eigenvalue weighted by molar-refractivity contribution is 6.00. The van der Waals surface area contributed by atoms with Crippen molar-refractivity contribution in [2.45, 2.75) is 39.0 Å². The largest absolute Gasteiger partial charge is 0.293 e. The maximum absolute atomic E-state index is 12.4. The van der Waals surface area contributed by atoms with Crippen molar-refractivity contribution >= 4 is 5.78 Å². The summed E-state index contributed by atoms with van der Waals surface area (Å²) in [6, 6.07) is 3.72. The van der Waals surface area contributed by atoms with Gasteiger partial charge in [-0.15, -0.1) is 0 Å². The van der Waals surface area contributed by atoms with Crippen molar-refractivity contribution in [2.24, 2.45) is 5.41 Å². The van der Waals surface area contributed by atoms with Gasteiger partial charge in [0.25, 0.3) is 0 Å². The normalized spacial score (nSPS) is 19.0. The number of Topliss-reactive ketones (excluding diaryl/α,β-unsaturated/α-hetero) is 1. The SMILES string of the molecule is CCC1(C(=O)c2cccnc2)CCCC1. The fourth-order valence-electron chi connectivity index (χ4n) is 2.60. The highest BCUT2D eigenvalue weighted by Gasteiger charge is 2.39. The summed E-state index contributed by atoms with van der Waals surface area (Å²) in [6.07, 6.45) is 8.86. The zero-order valence-electron chi connectivity index (χ0n) is 9.20. The third-order valence-electron chi connectivity index (χ3n) is 3.64. The monoisotopic (exact) mass is 203 g/mol. The van der Waals surface area contributed by atoms with Crippen LogP contribution in [0.2, 0.25) is 0 Å². The first-order valence-corrected chi connectivity index (χ1v) is 5.73. The van der Waals surface area contributed by atoms with Gasteiger partial charge < -0.3 is 0 Å². The Morgan fingerprint density at radius 3 is 2.73 bits per heavy atom. The lowest BCUT2D eigenvalue weighted by Gasteiger charge is -2.25. The Morgan fingerprint density at radius 2 is 2.20 bits per heavy atom. The number of nitrogens with zero attached hydrogens (tertiary/aromatic N) is 1. The third kappa shape index (κ3) is 1.81. The quantitative estimate of drug-likeness (QED) is 0.706. The van der Waals surface area contributed by atoms with Crippen molar-refractivity contribution in [2.75, 3.05) is 0 Å². The molecule has 0 saturated heterocycles. The smallest absolute Gasteiger partial charge is 0.170 e. The zero-order valence-corrected chi connectivity index (χ0v) is 9.20. The molecule has 1 aliphatic carbocycles. The standard InChI is InChI=1S/C13H17NO/c1-2-13(7-3-4-8-13)12(15)11-6-5-9-14-10-11/h5-6,9-10H,2-4,7-8H2,1H3. The van der Waals surface area contributed by atoms with Crippen LogP contribution in [0.1, 0.15) is 49.4 Å². The van der Waals surface area contributed by atoms with Gasteiger partial charge in [0.1, 0.15) is 0 Å². The van der Waals surface area contributed by atoms with E-state index < -0.39 is 0 Å². The summed E-state index contributed by atoms with van der Waals surface area (Å²) in [4.78, 5) is 16.4. The summed E-state index contributed by atoms with van der Waals surface area (Å²) in [5.74, 6) is 0.301. The number of hydrogen-bond acceptors (Lipinski definition) is 2. The second kappa shape index (κ2) is 4.13. The molecule has 0 spiro atoms. The van der Waals surface area contributed by atoms with Gasteiger partial charge in [-0.25, -0.2) is 0 Å². The van der Waals surface area contributed by atoms with E-state index >= 15 is 0 Å². The first-order chi connectivity index (χ1) is 7.28. The number of aromatic nitrogens is 1. The van der Waals surface area contributed by atoms with Gasteiger partial charge in [-0.1, -0.05) is 19.8 Å². The van der Waals surface area contributed by atoms with E-state index in [1.165, 1.54) is 12.8 Å². The summed E-state index contributed by atoms with van der Waals surface area (Å²) < 4.78 is 0. The van der Waals surface area contributed by atoms with E-state index in [-0.39, 0.29) is 5.41 Å². The molecule has 0 aliphatic heterocycles. The molecule has 0 N–H and O–H groups in total. The second-order valence-electron chi connectivity index (χ2n) is 4.41. The number of ketones is 1. The van der Waals surface area contributed by atoms with Gasteiger partial charge in [-0.2, -0.15) is 0 Å². The van der Waals surface area contributed by atoms with E-state index in [0.29, 0.717) is 5.78 Å². The molecule has 1 aliphatic rings. The molecular formula is C13H17NO. The van der Waals surface area contributed by atoms with Gasteiger partial charge in [0, 0.05) is 23.4 Å². The van der Waals surface area contributed by atoms with E-state index in [9.17, 15) is 4.79 Å². The average Bonchev–Trinajstić information content (AvgIpc) is 2.79. The number of carbonyl (C=O) groups is 1. The summed E-state index contributed by atoms with van der Waals surface area (Å²) in [7, 11) is 0. The van der Waals surface area contributed by atoms with Gasteiger partial charge in [0.05, 0.1) is 0 Å². The van der Waals surface area contributed by atoms with Crippen LogP contribution in [0.3, 0.4) is 0 Å². The molecule has 1 aromatic heterocycles. The number of pyridine rings is 1. The molecule has 2 nitrogen and oxygen atoms in total. The van der Waals surface area contributed by atoms with Crippen LogP contribution in [-0.4, -0.2) is 10.8 Å². The molecule has 80 valence electrons. The Kier molecular flexibility index (Phi) is 2.85. The van der Waals surface area contributed by atoms with E-state index in [0.717, 1.165) is 24.8 Å². The van der Waals surface area contributed by atoms with Gasteiger partial charge in [-0.3, -0.25) is 9.78 Å². The molecule has 0 bridgehead atoms. The summed E-state index contributed by atoms with van der Waals surface area (Å²) in [5, 5.41) is 0. The van der Waals surface area contributed by atoms with Crippen LogP contribution in [0.4, 0.5) is 0 Å². The summed E-state index contributed by atoms with van der Waals surface area (Å²) in [6.45, 7) is 2.12. The van der Waals surface area contributed by atoms with Gasteiger partial charge in [0.15, 0.2) is 5.78 Å². The molecule has 2 rings (SSSR count). The zero-order chi connectivity index (χ0) is 10.7. The fraction of sp³-hybridized carbons (Fsp3) is 0.538. The molecule has 0 atom stereocenters. The lowest BCUT2D eigenvalue weighted by Crippen LogP contribution is -2.27. The maximum Gasteiger partial charge on any atom is 0.170 e. The van der Waals surface area contributed by atoms with Crippen molar-refractivity contribution in [3.63, 3.8) is 0 Å². The minimum absolute atomic E-state index is 0.0803. The van der Waals surface area contributed by atoms with Crippen molar-refractivity contribution in [1.29, 1.82) is 0 Å². The highest BCUT2D eigenvalue weighted by Crippen LogP contribution is 2.43. The van der Waals surface area contributed by atoms with Crippen LogP contribution in [0, 0.1) is 5.41 Å². The Hall–Kier alpha value is -1.18. The molecule has 0 unspecified atom stereocenters. The number of hydrogen-bond donors (Lipinski definition) is 0. The Bertz CT molecular complexity index is 339. The maximum atomic E-state index is 12.4. The molecule has 0 amide bonds. The van der Waals surface area contributed by atoms with Crippen LogP contribution in [0.25, 0.3) is 0 Å². The molecule has 1 fully saturated rings. The predicted octanol–water partition coefficient (Wildman–Crippen LogP) is 3.23. The van der Waals surface area contributed by atoms with E-state index in [1.807, 2.05) is 12.1 Å². The Labute approximate surface area is 90.7 Å². The fourth-order valence-corrected chi connectivity index (χ4v) is 2.60. The lowest BCUT2D eigenvalue weighted by molar-refractivity contribution is 0.0791. The molecule has 0 aromatic carbocycles. The second-order valence-corrected chi connectivity index (χ2v) is 4.41. The van der Waals surface area contributed by atoms with Crippen LogP contribution < -0.4 is 0 Å². The predicted molar refractivity (Wildman–Crippen MR) is 59.8 cm³/mol. The topological polar surface area (TPSA) is 30.0 Å². The minimum Gasteiger partial charge on any atom is -0.293 e. The van der Waals surface area contributed by atoms with Crippen LogP contribution in [-0.2, 0) is 0 Å². The molecule has 15 heavy (non-hydrogen) atoms. The van der Waals surface area contributed by atoms with Crippen molar-refractivity contribution in [1.82, 2.24) is 4.98 Å². The van der Waals surface area contributed by atoms with Crippen molar-refractivity contribution in [3.05, 3.63) is 30.1 Å². The Morgan fingerprint density at radius 1 is 1.47 bits per heavy atom. The van der Waals surface area contributed by atoms with Gasteiger partial charge >= 0.3 is 0 Å². The number of rotatable bonds is 3. The number of carbonyl (C=O) groups excluding carboxylic acids is 1. The molecule has 0 radical (unpaired) electrons. The lowest BCUT2D eigenvalue weighted by atomic mass is 9.77. The Balaban J connectivity index is 2.27. The van der Waals surface area contributed by atoms with Crippen LogP contribution >= 0.6 is 0 Å². The van der Waals surface area contributed by atoms with Gasteiger partial charge in [0.2, 0.25) is 0 Å². The van der Waals surface area contributed by atoms with Crippen molar-refractivity contribution < 1.29 is 4.79 Å². The van der Waals surface area contributed by atoms with E-state index in [2.05, 4.69) is 11.9 Å². The third-order valence-corrected chi connectivity index (χ3v) is 3.64. The van der Waals surface area contributed by atoms with E-state index in [4.69, 9.17) is 0 Å². The van der Waals surface area contributed by atoms with Gasteiger partial charge in [-0.05, 0) is 31.4 Å². The highest BCUT2D eigenvalue weighted by atomic mass is 16.1. The van der Waals surface area contributed by atoms with Crippen LogP contribution in [0.5, 0.6) is 0 Å². The van der Waals surface area contributed by atoms with Crippen LogP contribution in [0.15, 0.2) is 24.5 Å². The average molecular weight is 203 g/mol. The minimum atomic E-state index is -0.0803. The molecule has 1 saturated carbocycles. The first kappa shape index (κ1) is 10.3. The van der Waals surface area contributed by atoms with Crippen molar-refractivity contribution in [3.8, 4) is 0 Å². The van der Waals surface area contributed by atoms with E-state index in [1.54, 1.807) is 12.4 Å². The summed E-state index contributed by atoms with van der Waals surface area (Å²) in [5.41, 5.74) is 0.699. The molecule has 2 heteroatoms. The summed E-state index contributed by atoms with van der Waals surface area (Å²) >= 11 is 0. The molecule has 1 aromatic rings. The molecular weight excluding hydrogens is 186 g/mol. The molecule has 1 heterocycles.